The number of hydrogen-bond donors (Lipinski definition) is 1. The summed E-state index contributed by atoms with van der Waals surface area (Å²) >= 11 is 0. The minimum atomic E-state index is -3.86. The topological polar surface area (TPSA) is 123 Å². The first kappa shape index (κ1) is 17.9. The molecule has 1 saturated heterocycles. The lowest BCUT2D eigenvalue weighted by molar-refractivity contribution is 0.0194. The standard InChI is InChI=1S/C16H19N5O5S/c1-10-17-14(26-18-10)16(23)6-7-21(9-16)27(24,25)11-4-5-12-13(8-11)20(3)15(22)19(12)2/h4-5,8,23H,6-7,9H2,1-3H3/t16-/m0/s1. The molecule has 0 spiro atoms. The number of rotatable bonds is 3. The molecule has 144 valence electrons. The predicted molar refractivity (Wildman–Crippen MR) is 94.5 cm³/mol. The van der Waals surface area contributed by atoms with Gasteiger partial charge >= 0.3 is 5.69 Å². The molecule has 2 aromatic heterocycles. The number of aliphatic hydroxyl groups is 1. The maximum Gasteiger partial charge on any atom is 0.328 e. The Labute approximate surface area is 154 Å². The van der Waals surface area contributed by atoms with Gasteiger partial charge in [0.2, 0.25) is 10.0 Å². The second kappa shape index (κ2) is 5.75. The van der Waals surface area contributed by atoms with E-state index in [1.165, 1.54) is 25.6 Å². The lowest BCUT2D eigenvalue weighted by atomic mass is 10.0. The van der Waals surface area contributed by atoms with E-state index in [-0.39, 0.29) is 36.0 Å². The zero-order chi connectivity index (χ0) is 19.6. The quantitative estimate of drug-likeness (QED) is 0.656. The number of β-amino-alcohol motifs (C(OH)–C–C–N with tert-alkyl or cyclic N) is 1. The highest BCUT2D eigenvalue weighted by Gasteiger charge is 2.46. The molecule has 4 rings (SSSR count). The predicted octanol–water partition coefficient (Wildman–Crippen LogP) is -0.149. The van der Waals surface area contributed by atoms with Crippen molar-refractivity contribution >= 4 is 21.1 Å². The number of sulfonamides is 1. The van der Waals surface area contributed by atoms with Crippen LogP contribution in [0.15, 0.2) is 32.4 Å². The van der Waals surface area contributed by atoms with Gasteiger partial charge in [-0.2, -0.15) is 9.29 Å². The molecule has 27 heavy (non-hydrogen) atoms. The smallest absolute Gasteiger partial charge is 0.328 e. The zero-order valence-corrected chi connectivity index (χ0v) is 15.9. The summed E-state index contributed by atoms with van der Waals surface area (Å²) in [6.07, 6.45) is 0.153. The summed E-state index contributed by atoms with van der Waals surface area (Å²) in [5.41, 5.74) is -0.592. The van der Waals surface area contributed by atoms with Crippen LogP contribution in [-0.4, -0.2) is 50.2 Å². The van der Waals surface area contributed by atoms with Crippen LogP contribution in [0.5, 0.6) is 0 Å². The summed E-state index contributed by atoms with van der Waals surface area (Å²) in [5, 5.41) is 14.4. The third-order valence-electron chi connectivity index (χ3n) is 5.02. The molecule has 0 bridgehead atoms. The van der Waals surface area contributed by atoms with Crippen LogP contribution in [0.25, 0.3) is 11.0 Å². The maximum atomic E-state index is 13.1. The van der Waals surface area contributed by atoms with Gasteiger partial charge in [-0.1, -0.05) is 5.16 Å². The van der Waals surface area contributed by atoms with Crippen molar-refractivity contribution in [2.24, 2.45) is 14.1 Å². The molecule has 0 unspecified atom stereocenters. The Morgan fingerprint density at radius 3 is 2.59 bits per heavy atom. The molecule has 1 atom stereocenters. The van der Waals surface area contributed by atoms with Gasteiger partial charge in [0.05, 0.1) is 22.5 Å². The van der Waals surface area contributed by atoms with Crippen molar-refractivity contribution < 1.29 is 18.0 Å². The minimum Gasteiger partial charge on any atom is -0.379 e. The molecule has 0 saturated carbocycles. The number of nitrogens with zero attached hydrogens (tertiary/aromatic N) is 5. The summed E-state index contributed by atoms with van der Waals surface area (Å²) in [5.74, 6) is 0.383. The Bertz CT molecular complexity index is 1210. The molecule has 1 aliphatic heterocycles. The average molecular weight is 393 g/mol. The molecular formula is C16H19N5O5S. The van der Waals surface area contributed by atoms with E-state index in [1.807, 2.05) is 0 Å². The second-order valence-electron chi connectivity index (χ2n) is 6.82. The fraction of sp³-hybridized carbons (Fsp3) is 0.438. The Morgan fingerprint density at radius 2 is 1.93 bits per heavy atom. The number of aromatic nitrogens is 4. The van der Waals surface area contributed by atoms with Crippen molar-refractivity contribution in [2.45, 2.75) is 23.8 Å². The summed E-state index contributed by atoms with van der Waals surface area (Å²) < 4.78 is 35.2. The van der Waals surface area contributed by atoms with E-state index in [9.17, 15) is 18.3 Å². The molecule has 3 heterocycles. The third kappa shape index (κ3) is 2.61. The van der Waals surface area contributed by atoms with Crippen LogP contribution in [0.4, 0.5) is 0 Å². The molecule has 1 aliphatic rings. The summed E-state index contributed by atoms with van der Waals surface area (Å²) in [6, 6.07) is 4.54. The Morgan fingerprint density at radius 1 is 1.22 bits per heavy atom. The first-order valence-corrected chi connectivity index (χ1v) is 9.76. The van der Waals surface area contributed by atoms with Crippen LogP contribution >= 0.6 is 0 Å². The number of hydrogen-bond acceptors (Lipinski definition) is 7. The van der Waals surface area contributed by atoms with Crippen molar-refractivity contribution in [3.05, 3.63) is 40.4 Å². The van der Waals surface area contributed by atoms with Gasteiger partial charge in [0.15, 0.2) is 11.4 Å². The minimum absolute atomic E-state index is 0.0126. The SMILES string of the molecule is Cc1noc([C@]2(O)CCN(S(=O)(=O)c3ccc4c(c3)n(C)c(=O)n4C)C2)n1. The zero-order valence-electron chi connectivity index (χ0n) is 15.1. The molecular weight excluding hydrogens is 374 g/mol. The van der Waals surface area contributed by atoms with Crippen molar-refractivity contribution in [3.8, 4) is 0 Å². The van der Waals surface area contributed by atoms with E-state index >= 15 is 0 Å². The lowest BCUT2D eigenvalue weighted by Crippen LogP contribution is -2.34. The number of benzene rings is 1. The molecule has 0 radical (unpaired) electrons. The Balaban J connectivity index is 1.71. The van der Waals surface area contributed by atoms with Crippen LogP contribution in [-0.2, 0) is 29.7 Å². The molecule has 1 N–H and O–H groups in total. The van der Waals surface area contributed by atoms with Crippen LogP contribution in [0.1, 0.15) is 18.1 Å². The van der Waals surface area contributed by atoms with Gasteiger partial charge in [-0.25, -0.2) is 13.2 Å². The third-order valence-corrected chi connectivity index (χ3v) is 6.86. The van der Waals surface area contributed by atoms with Gasteiger partial charge in [-0.15, -0.1) is 0 Å². The van der Waals surface area contributed by atoms with Crippen LogP contribution in [0.3, 0.4) is 0 Å². The fourth-order valence-corrected chi connectivity index (χ4v) is 4.94. The largest absolute Gasteiger partial charge is 0.379 e. The maximum absolute atomic E-state index is 13.1. The normalized spacial score (nSPS) is 21.3. The first-order chi connectivity index (χ1) is 12.6. The number of fused-ring (bicyclic) bond motifs is 1. The first-order valence-electron chi connectivity index (χ1n) is 8.32. The molecule has 1 fully saturated rings. The van der Waals surface area contributed by atoms with E-state index in [4.69, 9.17) is 4.52 Å². The molecule has 3 aromatic rings. The second-order valence-corrected chi connectivity index (χ2v) is 8.76. The number of imidazole rings is 1. The van der Waals surface area contributed by atoms with Crippen molar-refractivity contribution in [1.29, 1.82) is 0 Å². The van der Waals surface area contributed by atoms with Crippen LogP contribution in [0, 0.1) is 6.92 Å². The van der Waals surface area contributed by atoms with Gasteiger partial charge in [0, 0.05) is 27.1 Å². The van der Waals surface area contributed by atoms with E-state index in [2.05, 4.69) is 10.1 Å². The van der Waals surface area contributed by atoms with Crippen molar-refractivity contribution in [2.75, 3.05) is 13.1 Å². The fourth-order valence-electron chi connectivity index (χ4n) is 3.42. The molecule has 11 heteroatoms. The van der Waals surface area contributed by atoms with E-state index < -0.39 is 15.6 Å². The molecule has 1 aromatic carbocycles. The van der Waals surface area contributed by atoms with Crippen LogP contribution in [0.2, 0.25) is 0 Å². The summed E-state index contributed by atoms with van der Waals surface area (Å²) in [4.78, 5) is 16.1. The van der Waals surface area contributed by atoms with Crippen molar-refractivity contribution in [1.82, 2.24) is 23.6 Å². The number of aryl methyl sites for hydroxylation is 3. The van der Waals surface area contributed by atoms with E-state index in [0.29, 0.717) is 16.9 Å². The van der Waals surface area contributed by atoms with Gasteiger partial charge in [0.25, 0.3) is 5.89 Å². The average Bonchev–Trinajstić information content (AvgIpc) is 3.31. The van der Waals surface area contributed by atoms with Gasteiger partial charge in [-0.3, -0.25) is 9.13 Å². The molecule has 0 amide bonds. The van der Waals surface area contributed by atoms with E-state index in [0.717, 1.165) is 0 Å². The van der Waals surface area contributed by atoms with Gasteiger partial charge in [0.1, 0.15) is 0 Å². The van der Waals surface area contributed by atoms with Gasteiger partial charge < -0.3 is 9.63 Å². The lowest BCUT2D eigenvalue weighted by Gasteiger charge is -2.19. The highest BCUT2D eigenvalue weighted by atomic mass is 32.2. The highest BCUT2D eigenvalue weighted by Crippen LogP contribution is 2.34. The molecule has 10 nitrogen and oxygen atoms in total. The molecule has 0 aliphatic carbocycles. The summed E-state index contributed by atoms with van der Waals surface area (Å²) in [7, 11) is -0.642. The van der Waals surface area contributed by atoms with Crippen LogP contribution < -0.4 is 5.69 Å². The van der Waals surface area contributed by atoms with Crippen molar-refractivity contribution in [3.63, 3.8) is 0 Å². The van der Waals surface area contributed by atoms with E-state index in [1.54, 1.807) is 27.1 Å². The Hall–Kier alpha value is -2.50. The van der Waals surface area contributed by atoms with Gasteiger partial charge in [-0.05, 0) is 25.1 Å². The highest BCUT2D eigenvalue weighted by molar-refractivity contribution is 7.89. The summed E-state index contributed by atoms with van der Waals surface area (Å²) in [6.45, 7) is 1.56. The monoisotopic (exact) mass is 393 g/mol. The Kier molecular flexibility index (Phi) is 3.81.